The number of nitrogens with one attached hydrogen (secondary N) is 1. The molecular formula is C13H15Br2N5. The van der Waals surface area contributed by atoms with E-state index in [9.17, 15) is 0 Å². The summed E-state index contributed by atoms with van der Waals surface area (Å²) in [6.07, 6.45) is 4.02. The smallest absolute Gasteiger partial charge is 0.149 e. The number of hydrogen-bond donors (Lipinski definition) is 1. The van der Waals surface area contributed by atoms with Crippen LogP contribution in [-0.2, 0) is 19.5 Å². The fourth-order valence-corrected chi connectivity index (χ4v) is 3.54. The van der Waals surface area contributed by atoms with Crippen molar-refractivity contribution in [3.05, 3.63) is 38.6 Å². The van der Waals surface area contributed by atoms with Gasteiger partial charge >= 0.3 is 0 Å². The van der Waals surface area contributed by atoms with E-state index in [4.69, 9.17) is 0 Å². The van der Waals surface area contributed by atoms with Crippen molar-refractivity contribution in [2.24, 2.45) is 0 Å². The highest BCUT2D eigenvalue weighted by Crippen LogP contribution is 2.22. The Morgan fingerprint density at radius 3 is 3.05 bits per heavy atom. The van der Waals surface area contributed by atoms with E-state index in [0.29, 0.717) is 6.54 Å². The molecule has 7 heteroatoms. The molecule has 0 aliphatic carbocycles. The second-order valence-corrected chi connectivity index (χ2v) is 6.68. The van der Waals surface area contributed by atoms with E-state index in [1.54, 1.807) is 6.20 Å². The van der Waals surface area contributed by atoms with Crippen molar-refractivity contribution < 1.29 is 0 Å². The first-order valence-electron chi connectivity index (χ1n) is 6.60. The van der Waals surface area contributed by atoms with Crippen molar-refractivity contribution in [3.63, 3.8) is 0 Å². The van der Waals surface area contributed by atoms with Gasteiger partial charge in [0.2, 0.25) is 0 Å². The molecule has 1 N–H and O–H groups in total. The summed E-state index contributed by atoms with van der Waals surface area (Å²) in [4.78, 5) is 4.40. The first kappa shape index (κ1) is 14.2. The van der Waals surface area contributed by atoms with Gasteiger partial charge in [0.1, 0.15) is 11.6 Å². The van der Waals surface area contributed by atoms with Gasteiger partial charge in [0.15, 0.2) is 0 Å². The van der Waals surface area contributed by atoms with Crippen molar-refractivity contribution in [2.75, 3.05) is 0 Å². The summed E-state index contributed by atoms with van der Waals surface area (Å²) in [5.74, 6) is 2.13. The number of rotatable bonds is 4. The molecule has 1 aliphatic heterocycles. The minimum atomic E-state index is 0.159. The van der Waals surface area contributed by atoms with E-state index in [2.05, 4.69) is 63.8 Å². The van der Waals surface area contributed by atoms with Crippen molar-refractivity contribution in [1.82, 2.24) is 25.1 Å². The molecule has 0 radical (unpaired) electrons. The lowest BCUT2D eigenvalue weighted by Crippen LogP contribution is -2.22. The van der Waals surface area contributed by atoms with Crippen LogP contribution < -0.4 is 5.32 Å². The molecule has 2 aromatic heterocycles. The molecule has 0 fully saturated rings. The highest BCUT2D eigenvalue weighted by atomic mass is 79.9. The lowest BCUT2D eigenvalue weighted by molar-refractivity contribution is 0.511. The Morgan fingerprint density at radius 1 is 1.40 bits per heavy atom. The number of pyridine rings is 1. The normalized spacial score (nSPS) is 15.3. The van der Waals surface area contributed by atoms with Gasteiger partial charge < -0.3 is 9.88 Å². The second kappa shape index (κ2) is 5.91. The maximum absolute atomic E-state index is 4.40. The molecule has 1 aliphatic rings. The zero-order valence-corrected chi connectivity index (χ0v) is 14.3. The molecule has 0 saturated heterocycles. The topological polar surface area (TPSA) is 55.6 Å². The van der Waals surface area contributed by atoms with Crippen LogP contribution in [0.15, 0.2) is 21.2 Å². The van der Waals surface area contributed by atoms with Crippen LogP contribution in [0.4, 0.5) is 0 Å². The number of fused-ring (bicyclic) bond motifs is 1. The van der Waals surface area contributed by atoms with Crippen LogP contribution in [0.2, 0.25) is 0 Å². The fourth-order valence-electron chi connectivity index (χ4n) is 2.41. The average Bonchev–Trinajstić information content (AvgIpc) is 2.99. The molecular weight excluding hydrogens is 386 g/mol. The zero-order chi connectivity index (χ0) is 14.1. The van der Waals surface area contributed by atoms with Gasteiger partial charge in [0.05, 0.1) is 11.7 Å². The molecule has 0 aromatic carbocycles. The summed E-state index contributed by atoms with van der Waals surface area (Å²) < 4.78 is 4.19. The summed E-state index contributed by atoms with van der Waals surface area (Å²) in [5, 5.41) is 12.0. The summed E-state index contributed by atoms with van der Waals surface area (Å²) in [5.41, 5.74) is 0.987. The quantitative estimate of drug-likeness (QED) is 0.856. The Hall–Kier alpha value is -0.790. The molecule has 0 amide bonds. The maximum atomic E-state index is 4.40. The fraction of sp³-hybridized carbons (Fsp3) is 0.462. The van der Waals surface area contributed by atoms with Crippen LogP contribution in [0, 0.1) is 0 Å². The van der Waals surface area contributed by atoms with Crippen molar-refractivity contribution >= 4 is 31.9 Å². The van der Waals surface area contributed by atoms with Crippen molar-refractivity contribution in [3.8, 4) is 0 Å². The zero-order valence-electron chi connectivity index (χ0n) is 11.1. The number of nitrogens with zero attached hydrogens (tertiary/aromatic N) is 4. The molecule has 1 unspecified atom stereocenters. The number of halogens is 2. The standard InChI is InChI=1S/C13H15Br2N5/c1-8(13-19-18-12-3-2-4-20(12)13)16-7-11-10(15)5-9(14)6-17-11/h5-6,8,16H,2-4,7H2,1H3. The Balaban J connectivity index is 1.68. The lowest BCUT2D eigenvalue weighted by Gasteiger charge is -2.14. The first-order chi connectivity index (χ1) is 9.65. The molecule has 2 aromatic rings. The highest BCUT2D eigenvalue weighted by molar-refractivity contribution is 9.11. The van der Waals surface area contributed by atoms with Gasteiger partial charge in [0, 0.05) is 34.7 Å². The number of aryl methyl sites for hydroxylation is 1. The minimum Gasteiger partial charge on any atom is -0.314 e. The summed E-state index contributed by atoms with van der Waals surface area (Å²) in [6, 6.07) is 2.16. The van der Waals surface area contributed by atoms with Crippen LogP contribution in [0.3, 0.4) is 0 Å². The second-order valence-electron chi connectivity index (χ2n) is 4.91. The van der Waals surface area contributed by atoms with Gasteiger partial charge in [-0.3, -0.25) is 4.98 Å². The van der Waals surface area contributed by atoms with Crippen molar-refractivity contribution in [1.29, 1.82) is 0 Å². The van der Waals surface area contributed by atoms with E-state index in [-0.39, 0.29) is 6.04 Å². The SMILES string of the molecule is CC(NCc1ncc(Br)cc1Br)c1nnc2n1CCC2. The lowest BCUT2D eigenvalue weighted by atomic mass is 10.3. The number of aromatic nitrogens is 4. The third kappa shape index (κ3) is 2.80. The Labute approximate surface area is 134 Å². The van der Waals surface area contributed by atoms with Crippen LogP contribution in [0.1, 0.15) is 36.7 Å². The third-order valence-corrected chi connectivity index (χ3v) is 4.61. The largest absolute Gasteiger partial charge is 0.314 e. The van der Waals surface area contributed by atoms with E-state index >= 15 is 0 Å². The highest BCUT2D eigenvalue weighted by Gasteiger charge is 2.21. The summed E-state index contributed by atoms with van der Waals surface area (Å²) in [7, 11) is 0. The van der Waals surface area contributed by atoms with E-state index in [1.165, 1.54) is 6.42 Å². The molecule has 3 heterocycles. The molecule has 5 nitrogen and oxygen atoms in total. The van der Waals surface area contributed by atoms with Crippen LogP contribution in [0.5, 0.6) is 0 Å². The Bertz CT molecular complexity index is 625. The predicted octanol–water partition coefficient (Wildman–Crippen LogP) is 3.00. The van der Waals surface area contributed by atoms with E-state index in [1.807, 2.05) is 6.07 Å². The van der Waals surface area contributed by atoms with Gasteiger partial charge in [-0.2, -0.15) is 0 Å². The molecule has 0 spiro atoms. The van der Waals surface area contributed by atoms with Gasteiger partial charge in [0.25, 0.3) is 0 Å². The molecule has 3 rings (SSSR count). The van der Waals surface area contributed by atoms with E-state index in [0.717, 1.165) is 39.3 Å². The molecule has 1 atom stereocenters. The Kier molecular flexibility index (Phi) is 4.18. The first-order valence-corrected chi connectivity index (χ1v) is 8.19. The van der Waals surface area contributed by atoms with Crippen molar-refractivity contribution in [2.45, 2.75) is 38.9 Å². The summed E-state index contributed by atoms with van der Waals surface area (Å²) >= 11 is 6.94. The molecule has 106 valence electrons. The van der Waals surface area contributed by atoms with Gasteiger partial charge in [-0.05, 0) is 51.3 Å². The van der Waals surface area contributed by atoms with Gasteiger partial charge in [-0.1, -0.05) is 0 Å². The minimum absolute atomic E-state index is 0.159. The number of hydrogen-bond acceptors (Lipinski definition) is 4. The average molecular weight is 401 g/mol. The third-order valence-electron chi connectivity index (χ3n) is 3.49. The summed E-state index contributed by atoms with van der Waals surface area (Å²) in [6.45, 7) is 3.84. The molecule has 20 heavy (non-hydrogen) atoms. The molecule has 0 saturated carbocycles. The van der Waals surface area contributed by atoms with Gasteiger partial charge in [-0.25, -0.2) is 0 Å². The van der Waals surface area contributed by atoms with E-state index < -0.39 is 0 Å². The van der Waals surface area contributed by atoms with Crippen LogP contribution in [-0.4, -0.2) is 19.7 Å². The van der Waals surface area contributed by atoms with Gasteiger partial charge in [-0.15, -0.1) is 10.2 Å². The van der Waals surface area contributed by atoms with Crippen LogP contribution >= 0.6 is 31.9 Å². The monoisotopic (exact) mass is 399 g/mol. The van der Waals surface area contributed by atoms with Crippen LogP contribution in [0.25, 0.3) is 0 Å². The molecule has 0 bridgehead atoms. The predicted molar refractivity (Wildman–Crippen MR) is 83.2 cm³/mol. The maximum Gasteiger partial charge on any atom is 0.149 e. The Morgan fingerprint density at radius 2 is 2.25 bits per heavy atom.